The molecule has 1 aromatic carbocycles. The zero-order valence-electron chi connectivity index (χ0n) is 12.0. The maximum Gasteiger partial charge on any atom is 0.0821 e. The molecule has 106 valence electrons. The van der Waals surface area contributed by atoms with E-state index >= 15 is 0 Å². The Bertz CT molecular complexity index is 593. The summed E-state index contributed by atoms with van der Waals surface area (Å²) in [5.41, 5.74) is 1.48. The molecule has 0 radical (unpaired) electrons. The third-order valence-electron chi connectivity index (χ3n) is 4.32. The first kappa shape index (κ1) is 13.4. The lowest BCUT2D eigenvalue weighted by molar-refractivity contribution is -0.000738. The van der Waals surface area contributed by atoms with E-state index in [9.17, 15) is 5.11 Å². The highest BCUT2D eigenvalue weighted by Gasteiger charge is 2.32. The summed E-state index contributed by atoms with van der Waals surface area (Å²) in [5.74, 6) is 0.615. The lowest BCUT2D eigenvalue weighted by atomic mass is 9.79. The second-order valence-electron chi connectivity index (χ2n) is 6.16. The molecule has 1 fully saturated rings. The van der Waals surface area contributed by atoms with Crippen molar-refractivity contribution in [1.82, 2.24) is 4.98 Å². The van der Waals surface area contributed by atoms with Crippen molar-refractivity contribution in [3.05, 3.63) is 36.5 Å². The van der Waals surface area contributed by atoms with Crippen LogP contribution in [0, 0.1) is 5.92 Å². The van der Waals surface area contributed by atoms with Crippen molar-refractivity contribution in [3.8, 4) is 0 Å². The summed E-state index contributed by atoms with van der Waals surface area (Å²) in [6.07, 6.45) is 5.96. The number of anilines is 1. The number of aliphatic hydroxyl groups is 1. The molecule has 2 N–H and O–H groups in total. The van der Waals surface area contributed by atoms with E-state index in [1.807, 2.05) is 30.5 Å². The average molecular weight is 270 g/mol. The van der Waals surface area contributed by atoms with Gasteiger partial charge in [-0.25, -0.2) is 0 Å². The molecule has 3 rings (SSSR count). The molecule has 0 bridgehead atoms. The molecule has 1 aliphatic rings. The van der Waals surface area contributed by atoms with E-state index in [1.54, 1.807) is 0 Å². The van der Waals surface area contributed by atoms with Crippen molar-refractivity contribution in [3.63, 3.8) is 0 Å². The number of nitrogens with zero attached hydrogens (tertiary/aromatic N) is 1. The van der Waals surface area contributed by atoms with Crippen LogP contribution in [-0.2, 0) is 0 Å². The van der Waals surface area contributed by atoms with Crippen LogP contribution in [0.4, 0.5) is 5.69 Å². The molecule has 0 saturated heterocycles. The lowest BCUT2D eigenvalue weighted by Crippen LogP contribution is -2.41. The van der Waals surface area contributed by atoms with Crippen molar-refractivity contribution in [1.29, 1.82) is 0 Å². The fourth-order valence-electron chi connectivity index (χ4n) is 3.30. The van der Waals surface area contributed by atoms with E-state index in [0.29, 0.717) is 12.5 Å². The van der Waals surface area contributed by atoms with Crippen LogP contribution >= 0.6 is 0 Å². The summed E-state index contributed by atoms with van der Waals surface area (Å²) in [7, 11) is 0. The topological polar surface area (TPSA) is 45.1 Å². The number of nitrogens with one attached hydrogen (secondary N) is 1. The second kappa shape index (κ2) is 5.41. The molecular weight excluding hydrogens is 248 g/mol. The summed E-state index contributed by atoms with van der Waals surface area (Å²) in [6.45, 7) is 2.84. The van der Waals surface area contributed by atoms with Gasteiger partial charge in [0, 0.05) is 23.8 Å². The fraction of sp³-hybridized carbons (Fsp3) is 0.471. The quantitative estimate of drug-likeness (QED) is 0.896. The van der Waals surface area contributed by atoms with Crippen LogP contribution in [-0.4, -0.2) is 22.2 Å². The third-order valence-corrected chi connectivity index (χ3v) is 4.32. The molecule has 2 atom stereocenters. The van der Waals surface area contributed by atoms with Gasteiger partial charge in [-0.2, -0.15) is 0 Å². The minimum absolute atomic E-state index is 0.567. The van der Waals surface area contributed by atoms with Gasteiger partial charge in [0.05, 0.1) is 11.1 Å². The highest BCUT2D eigenvalue weighted by Crippen LogP contribution is 2.32. The molecule has 0 aliphatic heterocycles. The fourth-order valence-corrected chi connectivity index (χ4v) is 3.30. The number of para-hydroxylation sites is 1. The number of pyridine rings is 1. The predicted octanol–water partition coefficient (Wildman–Crippen LogP) is 3.59. The van der Waals surface area contributed by atoms with E-state index in [2.05, 4.69) is 23.3 Å². The summed E-state index contributed by atoms with van der Waals surface area (Å²) >= 11 is 0. The Kier molecular flexibility index (Phi) is 3.62. The van der Waals surface area contributed by atoms with Crippen molar-refractivity contribution >= 4 is 16.6 Å². The minimum Gasteiger partial charge on any atom is -0.388 e. The number of benzene rings is 1. The Hall–Kier alpha value is -1.61. The highest BCUT2D eigenvalue weighted by atomic mass is 16.3. The molecule has 2 aromatic rings. The van der Waals surface area contributed by atoms with Gasteiger partial charge in [0.15, 0.2) is 0 Å². The minimum atomic E-state index is -0.567. The molecule has 1 aromatic heterocycles. The largest absolute Gasteiger partial charge is 0.388 e. The van der Waals surface area contributed by atoms with Crippen molar-refractivity contribution in [2.75, 3.05) is 11.9 Å². The van der Waals surface area contributed by atoms with E-state index in [1.165, 1.54) is 6.42 Å². The Morgan fingerprint density at radius 2 is 2.20 bits per heavy atom. The highest BCUT2D eigenvalue weighted by molar-refractivity contribution is 5.90. The van der Waals surface area contributed by atoms with Crippen LogP contribution in [0.1, 0.15) is 32.6 Å². The predicted molar refractivity (Wildman–Crippen MR) is 82.8 cm³/mol. The van der Waals surface area contributed by atoms with Crippen LogP contribution in [0.25, 0.3) is 10.9 Å². The molecule has 3 heteroatoms. The smallest absolute Gasteiger partial charge is 0.0821 e. The molecule has 0 spiro atoms. The van der Waals surface area contributed by atoms with Crippen LogP contribution < -0.4 is 5.32 Å². The van der Waals surface area contributed by atoms with E-state index < -0.39 is 5.60 Å². The summed E-state index contributed by atoms with van der Waals surface area (Å²) < 4.78 is 0. The van der Waals surface area contributed by atoms with Gasteiger partial charge in [0.2, 0.25) is 0 Å². The maximum atomic E-state index is 10.7. The van der Waals surface area contributed by atoms with Gasteiger partial charge >= 0.3 is 0 Å². The molecule has 0 amide bonds. The van der Waals surface area contributed by atoms with Gasteiger partial charge in [-0.1, -0.05) is 38.0 Å². The van der Waals surface area contributed by atoms with Gasteiger partial charge in [-0.3, -0.25) is 4.98 Å². The van der Waals surface area contributed by atoms with Crippen molar-refractivity contribution in [2.45, 2.75) is 38.2 Å². The van der Waals surface area contributed by atoms with Gasteiger partial charge < -0.3 is 10.4 Å². The van der Waals surface area contributed by atoms with Crippen LogP contribution in [0.5, 0.6) is 0 Å². The SMILES string of the molecule is CC1CCCC(O)(CNc2ccnc3ccccc23)C1. The average Bonchev–Trinajstić information content (AvgIpc) is 2.45. The van der Waals surface area contributed by atoms with Crippen LogP contribution in [0.3, 0.4) is 0 Å². The normalized spacial score (nSPS) is 26.6. The van der Waals surface area contributed by atoms with E-state index in [-0.39, 0.29) is 0 Å². The first-order chi connectivity index (χ1) is 9.66. The Balaban J connectivity index is 1.77. The Morgan fingerprint density at radius 1 is 1.35 bits per heavy atom. The number of hydrogen-bond donors (Lipinski definition) is 2. The number of aromatic nitrogens is 1. The summed E-state index contributed by atoms with van der Waals surface area (Å²) in [4.78, 5) is 4.36. The molecule has 2 unspecified atom stereocenters. The van der Waals surface area contributed by atoms with Gasteiger partial charge in [0.1, 0.15) is 0 Å². The monoisotopic (exact) mass is 270 g/mol. The van der Waals surface area contributed by atoms with Gasteiger partial charge in [0.25, 0.3) is 0 Å². The zero-order chi connectivity index (χ0) is 14.0. The lowest BCUT2D eigenvalue weighted by Gasteiger charge is -2.36. The standard InChI is InChI=1S/C17H22N2O/c1-13-5-4-9-17(20,11-13)12-19-16-8-10-18-15-7-3-2-6-14(15)16/h2-3,6-8,10,13,20H,4-5,9,11-12H2,1H3,(H,18,19). The molecular formula is C17H22N2O. The number of rotatable bonds is 3. The second-order valence-corrected chi connectivity index (χ2v) is 6.16. The van der Waals surface area contributed by atoms with Crippen LogP contribution in [0.2, 0.25) is 0 Å². The Labute approximate surface area is 120 Å². The van der Waals surface area contributed by atoms with Crippen molar-refractivity contribution < 1.29 is 5.11 Å². The third kappa shape index (κ3) is 2.78. The van der Waals surface area contributed by atoms with Crippen molar-refractivity contribution in [2.24, 2.45) is 5.92 Å². The number of hydrogen-bond acceptors (Lipinski definition) is 3. The number of fused-ring (bicyclic) bond motifs is 1. The molecule has 1 heterocycles. The summed E-state index contributed by atoms with van der Waals surface area (Å²) in [5, 5.41) is 15.2. The first-order valence-corrected chi connectivity index (χ1v) is 7.46. The molecule has 1 aliphatic carbocycles. The Morgan fingerprint density at radius 3 is 3.05 bits per heavy atom. The molecule has 3 nitrogen and oxygen atoms in total. The first-order valence-electron chi connectivity index (χ1n) is 7.46. The van der Waals surface area contributed by atoms with Crippen LogP contribution in [0.15, 0.2) is 36.5 Å². The van der Waals surface area contributed by atoms with Gasteiger partial charge in [-0.05, 0) is 30.9 Å². The molecule has 1 saturated carbocycles. The van der Waals surface area contributed by atoms with Gasteiger partial charge in [-0.15, -0.1) is 0 Å². The van der Waals surface area contributed by atoms with E-state index in [0.717, 1.165) is 35.9 Å². The maximum absolute atomic E-state index is 10.7. The summed E-state index contributed by atoms with van der Waals surface area (Å²) in [6, 6.07) is 10.1. The van der Waals surface area contributed by atoms with E-state index in [4.69, 9.17) is 0 Å². The molecule has 20 heavy (non-hydrogen) atoms. The zero-order valence-corrected chi connectivity index (χ0v) is 12.0.